The Morgan fingerprint density at radius 2 is 1.86 bits per heavy atom. The molecule has 0 spiro atoms. The monoisotopic (exact) mass is 278 g/mol. The minimum absolute atomic E-state index is 0.191. The second kappa shape index (κ2) is 6.05. The number of benzene rings is 1. The van der Waals surface area contributed by atoms with E-state index in [2.05, 4.69) is 10.3 Å². The lowest BCUT2D eigenvalue weighted by Gasteiger charge is -2.18. The molecule has 0 aliphatic rings. The number of furan rings is 1. The van der Waals surface area contributed by atoms with Crippen LogP contribution in [-0.4, -0.2) is 10.9 Å². The van der Waals surface area contributed by atoms with Crippen molar-refractivity contribution in [1.29, 1.82) is 0 Å². The Labute approximate surface area is 122 Å². The second-order valence-corrected chi connectivity index (χ2v) is 4.58. The molecule has 4 heteroatoms. The van der Waals surface area contributed by atoms with E-state index in [1.165, 1.54) is 12.5 Å². The van der Waals surface area contributed by atoms with Crippen molar-refractivity contribution in [2.24, 2.45) is 0 Å². The summed E-state index contributed by atoms with van der Waals surface area (Å²) in [6.45, 7) is 0. The van der Waals surface area contributed by atoms with Crippen molar-refractivity contribution in [1.82, 2.24) is 10.3 Å². The van der Waals surface area contributed by atoms with Crippen LogP contribution in [0.3, 0.4) is 0 Å². The lowest BCUT2D eigenvalue weighted by atomic mass is 10.0. The lowest BCUT2D eigenvalue weighted by Crippen LogP contribution is -2.29. The van der Waals surface area contributed by atoms with Crippen molar-refractivity contribution in [3.8, 4) is 0 Å². The molecule has 0 saturated carbocycles. The zero-order valence-electron chi connectivity index (χ0n) is 11.3. The summed E-state index contributed by atoms with van der Waals surface area (Å²) in [6.07, 6.45) is 4.62. The predicted molar refractivity (Wildman–Crippen MR) is 78.7 cm³/mol. The fraction of sp³-hybridized carbons (Fsp3) is 0.0588. The number of hydrogen-bond donors (Lipinski definition) is 1. The van der Waals surface area contributed by atoms with Crippen LogP contribution < -0.4 is 5.32 Å². The fourth-order valence-corrected chi connectivity index (χ4v) is 2.13. The van der Waals surface area contributed by atoms with Gasteiger partial charge in [-0.2, -0.15) is 0 Å². The maximum atomic E-state index is 12.3. The highest BCUT2D eigenvalue weighted by Crippen LogP contribution is 2.20. The van der Waals surface area contributed by atoms with Gasteiger partial charge in [0, 0.05) is 6.20 Å². The molecule has 0 bridgehead atoms. The number of carbonyl (C=O) groups excluding carboxylic acids is 1. The van der Waals surface area contributed by atoms with Gasteiger partial charge in [0.2, 0.25) is 0 Å². The summed E-state index contributed by atoms with van der Waals surface area (Å²) in [4.78, 5) is 16.6. The Kier molecular flexibility index (Phi) is 3.78. The van der Waals surface area contributed by atoms with E-state index in [0.29, 0.717) is 5.56 Å². The van der Waals surface area contributed by atoms with E-state index in [-0.39, 0.29) is 11.9 Å². The number of carbonyl (C=O) groups is 1. The van der Waals surface area contributed by atoms with E-state index < -0.39 is 0 Å². The van der Waals surface area contributed by atoms with Gasteiger partial charge in [0.25, 0.3) is 5.91 Å². The molecule has 0 saturated heterocycles. The van der Waals surface area contributed by atoms with Gasteiger partial charge in [0.15, 0.2) is 0 Å². The largest absolute Gasteiger partial charge is 0.472 e. The Morgan fingerprint density at radius 1 is 1.05 bits per heavy atom. The quantitative estimate of drug-likeness (QED) is 0.797. The molecule has 2 heterocycles. The van der Waals surface area contributed by atoms with E-state index in [9.17, 15) is 4.79 Å². The van der Waals surface area contributed by atoms with Crippen LogP contribution in [-0.2, 0) is 0 Å². The highest BCUT2D eigenvalue weighted by atomic mass is 16.3. The molecule has 1 N–H and O–H groups in total. The molecule has 0 aliphatic heterocycles. The number of nitrogens with zero attached hydrogens (tertiary/aromatic N) is 1. The number of amides is 1. The van der Waals surface area contributed by atoms with E-state index >= 15 is 0 Å². The van der Waals surface area contributed by atoms with Crippen LogP contribution in [0.5, 0.6) is 0 Å². The summed E-state index contributed by atoms with van der Waals surface area (Å²) < 4.78 is 4.95. The Balaban J connectivity index is 1.92. The second-order valence-electron chi connectivity index (χ2n) is 4.58. The van der Waals surface area contributed by atoms with Crippen LogP contribution in [0.1, 0.15) is 27.7 Å². The van der Waals surface area contributed by atoms with Crippen LogP contribution in [0.15, 0.2) is 77.7 Å². The SMILES string of the molecule is O=C(N[C@H](c1ccccc1)c1ccccn1)c1ccoc1. The van der Waals surface area contributed by atoms with Gasteiger partial charge in [-0.15, -0.1) is 0 Å². The standard InChI is InChI=1S/C17H14N2O2/c20-17(14-9-11-21-12-14)19-16(13-6-2-1-3-7-13)15-8-4-5-10-18-15/h1-12,16H,(H,19,20)/t16-/m1/s1. The first kappa shape index (κ1) is 13.1. The molecule has 0 aliphatic carbocycles. The maximum absolute atomic E-state index is 12.3. The number of nitrogens with one attached hydrogen (secondary N) is 1. The van der Waals surface area contributed by atoms with Gasteiger partial charge in [0.1, 0.15) is 6.26 Å². The minimum Gasteiger partial charge on any atom is -0.472 e. The van der Waals surface area contributed by atoms with Gasteiger partial charge in [-0.1, -0.05) is 36.4 Å². The van der Waals surface area contributed by atoms with Gasteiger partial charge in [-0.05, 0) is 23.8 Å². The molecule has 3 aromatic rings. The zero-order valence-corrected chi connectivity index (χ0v) is 11.3. The van der Waals surface area contributed by atoms with Crippen molar-refractivity contribution in [3.05, 3.63) is 90.1 Å². The maximum Gasteiger partial charge on any atom is 0.255 e. The van der Waals surface area contributed by atoms with Crippen LogP contribution in [0.4, 0.5) is 0 Å². The summed E-state index contributed by atoms with van der Waals surface area (Å²) in [6, 6.07) is 16.7. The topological polar surface area (TPSA) is 55.1 Å². The molecule has 104 valence electrons. The molecule has 0 unspecified atom stereocenters. The molecule has 1 atom stereocenters. The van der Waals surface area contributed by atoms with Gasteiger partial charge in [-0.3, -0.25) is 9.78 Å². The summed E-state index contributed by atoms with van der Waals surface area (Å²) in [7, 11) is 0. The molecule has 0 radical (unpaired) electrons. The van der Waals surface area contributed by atoms with E-state index in [0.717, 1.165) is 11.3 Å². The summed E-state index contributed by atoms with van der Waals surface area (Å²) in [5.74, 6) is -0.191. The molecular formula is C17H14N2O2. The van der Waals surface area contributed by atoms with Gasteiger partial charge in [-0.25, -0.2) is 0 Å². The van der Waals surface area contributed by atoms with E-state index in [1.807, 2.05) is 48.5 Å². The third kappa shape index (κ3) is 3.00. The van der Waals surface area contributed by atoms with Crippen LogP contribution in [0.2, 0.25) is 0 Å². The third-order valence-electron chi connectivity index (χ3n) is 3.18. The van der Waals surface area contributed by atoms with Crippen molar-refractivity contribution in [2.75, 3.05) is 0 Å². The van der Waals surface area contributed by atoms with Gasteiger partial charge >= 0.3 is 0 Å². The molecule has 3 rings (SSSR count). The first-order valence-corrected chi connectivity index (χ1v) is 6.63. The Hall–Kier alpha value is -2.88. The number of rotatable bonds is 4. The zero-order chi connectivity index (χ0) is 14.5. The van der Waals surface area contributed by atoms with Crippen molar-refractivity contribution >= 4 is 5.91 Å². The van der Waals surface area contributed by atoms with Gasteiger partial charge in [0.05, 0.1) is 23.6 Å². The average Bonchev–Trinajstić information content (AvgIpc) is 3.09. The third-order valence-corrected chi connectivity index (χ3v) is 3.18. The number of hydrogen-bond acceptors (Lipinski definition) is 3. The predicted octanol–water partition coefficient (Wildman–Crippen LogP) is 3.19. The van der Waals surface area contributed by atoms with Crippen molar-refractivity contribution < 1.29 is 9.21 Å². The molecule has 21 heavy (non-hydrogen) atoms. The Morgan fingerprint density at radius 3 is 2.52 bits per heavy atom. The molecule has 2 aromatic heterocycles. The summed E-state index contributed by atoms with van der Waals surface area (Å²) in [5.41, 5.74) is 2.26. The molecule has 1 amide bonds. The highest BCUT2D eigenvalue weighted by molar-refractivity contribution is 5.94. The molecule has 1 aromatic carbocycles. The van der Waals surface area contributed by atoms with E-state index in [1.54, 1.807) is 12.3 Å². The van der Waals surface area contributed by atoms with Crippen molar-refractivity contribution in [3.63, 3.8) is 0 Å². The first-order valence-electron chi connectivity index (χ1n) is 6.63. The van der Waals surface area contributed by atoms with Crippen LogP contribution in [0.25, 0.3) is 0 Å². The molecular weight excluding hydrogens is 264 g/mol. The number of aromatic nitrogens is 1. The smallest absolute Gasteiger partial charge is 0.255 e. The normalized spacial score (nSPS) is 11.8. The summed E-state index contributed by atoms with van der Waals surface area (Å²) >= 11 is 0. The van der Waals surface area contributed by atoms with Crippen LogP contribution in [0, 0.1) is 0 Å². The Bertz CT molecular complexity index is 655. The van der Waals surface area contributed by atoms with Gasteiger partial charge < -0.3 is 9.73 Å². The lowest BCUT2D eigenvalue weighted by molar-refractivity contribution is 0.0941. The van der Waals surface area contributed by atoms with E-state index in [4.69, 9.17) is 4.42 Å². The fourth-order valence-electron chi connectivity index (χ4n) is 2.13. The molecule has 0 fully saturated rings. The molecule has 4 nitrogen and oxygen atoms in total. The summed E-state index contributed by atoms with van der Waals surface area (Å²) in [5, 5.41) is 2.99. The highest BCUT2D eigenvalue weighted by Gasteiger charge is 2.19. The number of pyridine rings is 1. The van der Waals surface area contributed by atoms with Crippen LogP contribution >= 0.6 is 0 Å². The average molecular weight is 278 g/mol. The first-order chi connectivity index (χ1) is 10.3. The minimum atomic E-state index is -0.296. The van der Waals surface area contributed by atoms with Crippen molar-refractivity contribution in [2.45, 2.75) is 6.04 Å².